The van der Waals surface area contributed by atoms with Gasteiger partial charge in [-0.3, -0.25) is 4.79 Å². The summed E-state index contributed by atoms with van der Waals surface area (Å²) in [5.74, 6) is 0.390. The molecule has 1 fully saturated rings. The van der Waals surface area contributed by atoms with Crippen molar-refractivity contribution >= 4 is 11.9 Å². The molecule has 3 aromatic rings. The highest BCUT2D eigenvalue weighted by Gasteiger charge is 2.30. The fourth-order valence-electron chi connectivity index (χ4n) is 4.28. The zero-order valence-corrected chi connectivity index (χ0v) is 16.7. The van der Waals surface area contributed by atoms with Crippen LogP contribution in [0.25, 0.3) is 5.69 Å². The maximum atomic E-state index is 13.4. The predicted molar refractivity (Wildman–Crippen MR) is 110 cm³/mol. The van der Waals surface area contributed by atoms with Crippen LogP contribution in [0.2, 0.25) is 0 Å². The summed E-state index contributed by atoms with van der Waals surface area (Å²) in [5, 5.41) is 4.71. The van der Waals surface area contributed by atoms with E-state index in [2.05, 4.69) is 14.9 Å². The van der Waals surface area contributed by atoms with E-state index in [1.165, 1.54) is 12.1 Å². The lowest BCUT2D eigenvalue weighted by Crippen LogP contribution is -2.49. The van der Waals surface area contributed by atoms with Gasteiger partial charge in [-0.25, -0.2) is 19.0 Å². The summed E-state index contributed by atoms with van der Waals surface area (Å²) in [6, 6.07) is 8.08. The van der Waals surface area contributed by atoms with Gasteiger partial charge in [0.1, 0.15) is 5.82 Å². The zero-order valence-electron chi connectivity index (χ0n) is 16.7. The Balaban J connectivity index is 1.39. The number of hydrogen-bond acceptors (Lipinski definition) is 5. The van der Waals surface area contributed by atoms with E-state index in [4.69, 9.17) is 5.10 Å². The Hall–Kier alpha value is -3.29. The summed E-state index contributed by atoms with van der Waals surface area (Å²) >= 11 is 0. The molecule has 2 aromatic heterocycles. The second-order valence-corrected chi connectivity index (χ2v) is 7.70. The van der Waals surface area contributed by atoms with Crippen LogP contribution in [-0.2, 0) is 12.8 Å². The van der Waals surface area contributed by atoms with Crippen molar-refractivity contribution < 1.29 is 9.18 Å². The molecule has 1 aliphatic heterocycles. The number of halogens is 1. The standard InChI is InChI=1S/C22H23FN6O/c23-16-6-8-17(9-7-16)29-19-5-2-1-4-18(19)20(26-29)21(30)27-12-14-28(15-13-27)22-24-10-3-11-25-22/h3,6-11H,1-2,4-5,12-15H2. The number of carbonyl (C=O) groups excluding carboxylic acids is 1. The van der Waals surface area contributed by atoms with Crippen molar-refractivity contribution in [3.8, 4) is 5.69 Å². The smallest absolute Gasteiger partial charge is 0.274 e. The number of nitrogens with zero attached hydrogens (tertiary/aromatic N) is 6. The second-order valence-electron chi connectivity index (χ2n) is 7.70. The molecule has 0 spiro atoms. The van der Waals surface area contributed by atoms with Crippen LogP contribution >= 0.6 is 0 Å². The van der Waals surface area contributed by atoms with Gasteiger partial charge in [0.15, 0.2) is 5.69 Å². The SMILES string of the molecule is O=C(c1nn(-c2ccc(F)cc2)c2c1CCCC2)N1CCN(c2ncccn2)CC1. The van der Waals surface area contributed by atoms with Gasteiger partial charge >= 0.3 is 0 Å². The molecule has 1 aliphatic carbocycles. The van der Waals surface area contributed by atoms with E-state index >= 15 is 0 Å². The van der Waals surface area contributed by atoms with E-state index in [0.717, 1.165) is 42.6 Å². The molecule has 5 rings (SSSR count). The molecule has 3 heterocycles. The fraction of sp³-hybridized carbons (Fsp3) is 0.364. The van der Waals surface area contributed by atoms with Crippen LogP contribution in [0.15, 0.2) is 42.7 Å². The summed E-state index contributed by atoms with van der Waals surface area (Å²) in [6.07, 6.45) is 7.33. The highest BCUT2D eigenvalue weighted by atomic mass is 19.1. The largest absolute Gasteiger partial charge is 0.337 e. The first-order valence-corrected chi connectivity index (χ1v) is 10.4. The normalized spacial score (nSPS) is 16.4. The lowest BCUT2D eigenvalue weighted by Gasteiger charge is -2.34. The third kappa shape index (κ3) is 3.42. The molecule has 1 amide bonds. The third-order valence-corrected chi connectivity index (χ3v) is 5.86. The van der Waals surface area contributed by atoms with Gasteiger partial charge in [0.05, 0.1) is 5.69 Å². The van der Waals surface area contributed by atoms with Crippen LogP contribution < -0.4 is 4.90 Å². The topological polar surface area (TPSA) is 67.2 Å². The Morgan fingerprint density at radius 2 is 1.63 bits per heavy atom. The summed E-state index contributed by atoms with van der Waals surface area (Å²) in [5.41, 5.74) is 3.45. The van der Waals surface area contributed by atoms with E-state index in [-0.39, 0.29) is 11.7 Å². The molecule has 2 aliphatic rings. The summed E-state index contributed by atoms with van der Waals surface area (Å²) in [4.78, 5) is 25.9. The van der Waals surface area contributed by atoms with Crippen molar-refractivity contribution in [3.05, 3.63) is 65.5 Å². The molecule has 1 saturated heterocycles. The molecule has 30 heavy (non-hydrogen) atoms. The first-order valence-electron chi connectivity index (χ1n) is 10.4. The molecule has 0 radical (unpaired) electrons. The van der Waals surface area contributed by atoms with E-state index in [9.17, 15) is 9.18 Å². The highest BCUT2D eigenvalue weighted by molar-refractivity contribution is 5.94. The fourth-order valence-corrected chi connectivity index (χ4v) is 4.28. The Bertz CT molecular complexity index is 1040. The van der Waals surface area contributed by atoms with Crippen molar-refractivity contribution in [2.24, 2.45) is 0 Å². The molecule has 0 saturated carbocycles. The minimum atomic E-state index is -0.281. The van der Waals surface area contributed by atoms with Crippen molar-refractivity contribution in [2.75, 3.05) is 31.1 Å². The van der Waals surface area contributed by atoms with Gasteiger partial charge in [0, 0.05) is 49.8 Å². The van der Waals surface area contributed by atoms with Gasteiger partial charge in [-0.1, -0.05) is 0 Å². The Kier molecular flexibility index (Phi) is 4.90. The number of piperazine rings is 1. The van der Waals surface area contributed by atoms with Gasteiger partial charge < -0.3 is 9.80 Å². The van der Waals surface area contributed by atoms with Crippen LogP contribution in [0.5, 0.6) is 0 Å². The van der Waals surface area contributed by atoms with E-state index in [1.807, 2.05) is 9.58 Å². The Morgan fingerprint density at radius 1 is 0.933 bits per heavy atom. The number of benzene rings is 1. The third-order valence-electron chi connectivity index (χ3n) is 5.86. The number of amides is 1. The lowest BCUT2D eigenvalue weighted by molar-refractivity contribution is 0.0738. The van der Waals surface area contributed by atoms with Crippen molar-refractivity contribution in [3.63, 3.8) is 0 Å². The number of hydrogen-bond donors (Lipinski definition) is 0. The van der Waals surface area contributed by atoms with E-state index in [0.29, 0.717) is 37.8 Å². The van der Waals surface area contributed by atoms with Gasteiger partial charge in [-0.15, -0.1) is 0 Å². The average Bonchev–Trinajstić information content (AvgIpc) is 3.20. The number of aromatic nitrogens is 4. The maximum Gasteiger partial charge on any atom is 0.274 e. The molecule has 1 aromatic carbocycles. The summed E-state index contributed by atoms with van der Waals surface area (Å²) in [6.45, 7) is 2.60. The number of rotatable bonds is 3. The van der Waals surface area contributed by atoms with E-state index in [1.54, 1.807) is 30.6 Å². The highest BCUT2D eigenvalue weighted by Crippen LogP contribution is 2.28. The van der Waals surface area contributed by atoms with E-state index < -0.39 is 0 Å². The van der Waals surface area contributed by atoms with Crippen LogP contribution in [0.3, 0.4) is 0 Å². The summed E-state index contributed by atoms with van der Waals surface area (Å²) in [7, 11) is 0. The predicted octanol–water partition coefficient (Wildman–Crippen LogP) is 2.64. The summed E-state index contributed by atoms with van der Waals surface area (Å²) < 4.78 is 15.2. The maximum absolute atomic E-state index is 13.4. The second kappa shape index (κ2) is 7.85. The average molecular weight is 406 g/mol. The minimum absolute atomic E-state index is 0.0253. The molecule has 0 N–H and O–H groups in total. The van der Waals surface area contributed by atoms with Gasteiger partial charge in [-0.2, -0.15) is 5.10 Å². The van der Waals surface area contributed by atoms with Crippen molar-refractivity contribution in [1.82, 2.24) is 24.6 Å². The number of anilines is 1. The molecule has 154 valence electrons. The van der Waals surface area contributed by atoms with Crippen molar-refractivity contribution in [2.45, 2.75) is 25.7 Å². The van der Waals surface area contributed by atoms with Crippen molar-refractivity contribution in [1.29, 1.82) is 0 Å². The Labute approximate surface area is 174 Å². The molecular formula is C22H23FN6O. The van der Waals surface area contributed by atoms with Crippen LogP contribution in [0.4, 0.5) is 10.3 Å². The van der Waals surface area contributed by atoms with Crippen LogP contribution in [0, 0.1) is 5.82 Å². The molecule has 0 bridgehead atoms. The first kappa shape index (κ1) is 18.7. The molecular weight excluding hydrogens is 383 g/mol. The monoisotopic (exact) mass is 406 g/mol. The van der Waals surface area contributed by atoms with Gasteiger partial charge in [0.2, 0.25) is 5.95 Å². The number of carbonyl (C=O) groups is 1. The zero-order chi connectivity index (χ0) is 20.5. The first-order chi connectivity index (χ1) is 14.7. The van der Waals surface area contributed by atoms with Gasteiger partial charge in [0.25, 0.3) is 5.91 Å². The van der Waals surface area contributed by atoms with Crippen LogP contribution in [-0.4, -0.2) is 56.7 Å². The quantitative estimate of drug-likeness (QED) is 0.669. The molecule has 0 unspecified atom stereocenters. The Morgan fingerprint density at radius 3 is 2.37 bits per heavy atom. The molecule has 0 atom stereocenters. The van der Waals surface area contributed by atoms with Gasteiger partial charge in [-0.05, 0) is 56.0 Å². The number of fused-ring (bicyclic) bond motifs is 1. The molecule has 7 nitrogen and oxygen atoms in total. The molecule has 8 heteroatoms. The minimum Gasteiger partial charge on any atom is -0.337 e. The van der Waals surface area contributed by atoms with Crippen LogP contribution in [0.1, 0.15) is 34.6 Å². The lowest BCUT2D eigenvalue weighted by atomic mass is 9.95.